The van der Waals surface area contributed by atoms with Gasteiger partial charge in [-0.3, -0.25) is 0 Å². The number of carbonyl (C=O) groups is 1. The monoisotopic (exact) mass is 594 g/mol. The lowest BCUT2D eigenvalue weighted by Gasteiger charge is -2.22. The zero-order valence-corrected chi connectivity index (χ0v) is 23.3. The van der Waals surface area contributed by atoms with Gasteiger partial charge in [0.15, 0.2) is 0 Å². The minimum Gasteiger partial charge on any atom is -0.465 e. The summed E-state index contributed by atoms with van der Waals surface area (Å²) < 4.78 is 61.7. The first-order valence-electron chi connectivity index (χ1n) is 11.4. The van der Waals surface area contributed by atoms with Gasteiger partial charge in [0.2, 0.25) is 20.0 Å². The van der Waals surface area contributed by atoms with Crippen LogP contribution >= 0.6 is 23.2 Å². The Hall–Kier alpha value is -2.73. The molecule has 1 heterocycles. The molecule has 2 atom stereocenters. The van der Waals surface area contributed by atoms with E-state index in [-0.39, 0.29) is 22.8 Å². The molecule has 8 nitrogen and oxygen atoms in total. The van der Waals surface area contributed by atoms with Crippen molar-refractivity contribution in [3.63, 3.8) is 0 Å². The summed E-state index contributed by atoms with van der Waals surface area (Å²) in [6, 6.07) is 16.8. The van der Waals surface area contributed by atoms with Gasteiger partial charge in [0.25, 0.3) is 0 Å². The highest BCUT2D eigenvalue weighted by Crippen LogP contribution is 2.29. The van der Waals surface area contributed by atoms with Crippen molar-refractivity contribution in [1.82, 2.24) is 9.03 Å². The van der Waals surface area contributed by atoms with Crippen molar-refractivity contribution in [2.24, 2.45) is 0 Å². The van der Waals surface area contributed by atoms with E-state index in [0.29, 0.717) is 21.2 Å². The minimum absolute atomic E-state index is 0.0209. The number of esters is 1. The number of hydrogen-bond donors (Lipinski definition) is 1. The molecule has 1 fully saturated rings. The third-order valence-corrected chi connectivity index (χ3v) is 9.93. The van der Waals surface area contributed by atoms with Gasteiger partial charge in [0.1, 0.15) is 0 Å². The number of rotatable bonds is 8. The van der Waals surface area contributed by atoms with Gasteiger partial charge in [-0.1, -0.05) is 47.5 Å². The molecule has 0 aromatic heterocycles. The Bertz CT molecular complexity index is 1560. The highest BCUT2D eigenvalue weighted by molar-refractivity contribution is 7.89. The standard InChI is InChI=1S/C26H24Cl2N2O6S2/c1-36-26(31)19-4-2-3-18(15-19)5-10-23-16-22(29-37(32,33)24-11-6-20(27)7-12-24)17-30(23)38(34,35)25-13-8-21(28)9-14-25/h2-15,22-23,29H,16-17H2,1H3/b10-5-/t22-,23-/m1/s1. The van der Waals surface area contributed by atoms with Crippen LogP contribution in [0.25, 0.3) is 6.08 Å². The summed E-state index contributed by atoms with van der Waals surface area (Å²) in [7, 11) is -6.64. The van der Waals surface area contributed by atoms with Crippen molar-refractivity contribution in [2.75, 3.05) is 13.7 Å². The summed E-state index contributed by atoms with van der Waals surface area (Å²) in [5.41, 5.74) is 1.00. The molecule has 1 N–H and O–H groups in total. The predicted molar refractivity (Wildman–Crippen MR) is 146 cm³/mol. The number of benzene rings is 3. The zero-order chi connectivity index (χ0) is 27.5. The summed E-state index contributed by atoms with van der Waals surface area (Å²) >= 11 is 11.8. The molecule has 0 amide bonds. The van der Waals surface area contributed by atoms with E-state index in [9.17, 15) is 21.6 Å². The van der Waals surface area contributed by atoms with Crippen LogP contribution < -0.4 is 4.72 Å². The van der Waals surface area contributed by atoms with E-state index in [1.54, 1.807) is 36.4 Å². The Morgan fingerprint density at radius 3 is 2.16 bits per heavy atom. The van der Waals surface area contributed by atoms with Crippen molar-refractivity contribution < 1.29 is 26.4 Å². The molecule has 0 spiro atoms. The second-order valence-electron chi connectivity index (χ2n) is 8.58. The van der Waals surface area contributed by atoms with Gasteiger partial charge in [-0.15, -0.1) is 0 Å². The van der Waals surface area contributed by atoms with E-state index in [2.05, 4.69) is 4.72 Å². The highest BCUT2D eigenvalue weighted by atomic mass is 35.5. The zero-order valence-electron chi connectivity index (χ0n) is 20.1. The quantitative estimate of drug-likeness (QED) is 0.381. The van der Waals surface area contributed by atoms with Crippen LogP contribution in [0.2, 0.25) is 10.0 Å². The third kappa shape index (κ3) is 6.45. The largest absolute Gasteiger partial charge is 0.465 e. The molecule has 1 saturated heterocycles. The maximum Gasteiger partial charge on any atom is 0.337 e. The van der Waals surface area contributed by atoms with Gasteiger partial charge in [-0.25, -0.2) is 26.4 Å². The Kier molecular flexibility index (Phi) is 8.61. The van der Waals surface area contributed by atoms with Gasteiger partial charge in [-0.2, -0.15) is 4.31 Å². The number of methoxy groups -OCH3 is 1. The van der Waals surface area contributed by atoms with E-state index in [4.69, 9.17) is 27.9 Å². The normalized spacial score (nSPS) is 18.6. The first-order valence-corrected chi connectivity index (χ1v) is 15.1. The maximum absolute atomic E-state index is 13.6. The van der Waals surface area contributed by atoms with Crippen molar-refractivity contribution in [2.45, 2.75) is 28.3 Å². The summed E-state index contributed by atoms with van der Waals surface area (Å²) in [6.45, 7) is -0.0883. The van der Waals surface area contributed by atoms with Crippen LogP contribution in [-0.4, -0.2) is 52.8 Å². The van der Waals surface area contributed by atoms with Crippen LogP contribution in [0.3, 0.4) is 0 Å². The van der Waals surface area contributed by atoms with Gasteiger partial charge in [0, 0.05) is 28.7 Å². The Labute approximate surface area is 231 Å². The fraction of sp³-hybridized carbons (Fsp3) is 0.192. The van der Waals surface area contributed by atoms with Crippen molar-refractivity contribution >= 4 is 55.3 Å². The molecular formula is C26H24Cl2N2O6S2. The molecule has 12 heteroatoms. The molecule has 0 unspecified atom stereocenters. The van der Waals surface area contributed by atoms with Crippen LogP contribution in [0.4, 0.5) is 0 Å². The number of sulfonamides is 2. The summed E-state index contributed by atoms with van der Waals surface area (Å²) in [5.74, 6) is -0.496. The van der Waals surface area contributed by atoms with Gasteiger partial charge in [0.05, 0.1) is 22.5 Å². The van der Waals surface area contributed by atoms with Gasteiger partial charge in [-0.05, 0) is 72.6 Å². The second-order valence-corrected chi connectivity index (χ2v) is 13.1. The van der Waals surface area contributed by atoms with E-state index in [1.165, 1.54) is 59.9 Å². The topological polar surface area (TPSA) is 110 Å². The summed E-state index contributed by atoms with van der Waals surface area (Å²) in [4.78, 5) is 11.9. The van der Waals surface area contributed by atoms with Crippen molar-refractivity contribution in [3.05, 3.63) is 100 Å². The number of halogens is 2. The number of hydrogen-bond acceptors (Lipinski definition) is 6. The number of nitrogens with zero attached hydrogens (tertiary/aromatic N) is 1. The van der Waals surface area contributed by atoms with E-state index in [1.807, 2.05) is 0 Å². The predicted octanol–water partition coefficient (Wildman–Crippen LogP) is 4.60. The molecule has 200 valence electrons. The van der Waals surface area contributed by atoms with Crippen LogP contribution in [0, 0.1) is 0 Å². The van der Waals surface area contributed by atoms with Crippen molar-refractivity contribution in [1.29, 1.82) is 0 Å². The van der Waals surface area contributed by atoms with Crippen LogP contribution in [0.5, 0.6) is 0 Å². The molecule has 0 bridgehead atoms. The first-order chi connectivity index (χ1) is 18.0. The SMILES string of the molecule is COC(=O)c1cccc(/C=C\[C@@H]2C[C@@H](NS(=O)(=O)c3ccc(Cl)cc3)CN2S(=O)(=O)c2ccc(Cl)cc2)c1. The lowest BCUT2D eigenvalue weighted by molar-refractivity contribution is 0.0600. The summed E-state index contributed by atoms with van der Waals surface area (Å²) in [6.07, 6.45) is 3.56. The molecule has 1 aliphatic heterocycles. The lowest BCUT2D eigenvalue weighted by Crippen LogP contribution is -2.39. The van der Waals surface area contributed by atoms with E-state index < -0.39 is 38.1 Å². The van der Waals surface area contributed by atoms with E-state index in [0.717, 1.165) is 0 Å². The smallest absolute Gasteiger partial charge is 0.337 e. The molecule has 3 aromatic rings. The Morgan fingerprint density at radius 1 is 0.947 bits per heavy atom. The lowest BCUT2D eigenvalue weighted by atomic mass is 10.1. The van der Waals surface area contributed by atoms with Crippen LogP contribution in [-0.2, 0) is 24.8 Å². The molecule has 3 aromatic carbocycles. The molecule has 1 aliphatic rings. The van der Waals surface area contributed by atoms with Crippen LogP contribution in [0.1, 0.15) is 22.3 Å². The molecule has 38 heavy (non-hydrogen) atoms. The van der Waals surface area contributed by atoms with Gasteiger partial charge >= 0.3 is 5.97 Å². The fourth-order valence-corrected chi connectivity index (χ4v) is 7.26. The second kappa shape index (κ2) is 11.6. The Balaban J connectivity index is 1.64. The van der Waals surface area contributed by atoms with E-state index >= 15 is 0 Å². The number of ether oxygens (including phenoxy) is 1. The average Bonchev–Trinajstić information content (AvgIpc) is 3.30. The molecule has 4 rings (SSSR count). The maximum atomic E-state index is 13.6. The number of nitrogens with one attached hydrogen (secondary N) is 1. The fourth-order valence-electron chi connectivity index (χ4n) is 4.13. The third-order valence-electron chi connectivity index (χ3n) is 5.98. The molecule has 0 aliphatic carbocycles. The van der Waals surface area contributed by atoms with Gasteiger partial charge < -0.3 is 4.74 Å². The molecule has 0 radical (unpaired) electrons. The summed E-state index contributed by atoms with van der Waals surface area (Å²) in [5, 5.41) is 0.785. The minimum atomic E-state index is -4.00. The highest BCUT2D eigenvalue weighted by Gasteiger charge is 2.40. The first kappa shape index (κ1) is 28.3. The van der Waals surface area contributed by atoms with Crippen LogP contribution in [0.15, 0.2) is 88.7 Å². The average molecular weight is 596 g/mol. The molecular weight excluding hydrogens is 571 g/mol. The number of carbonyl (C=O) groups excluding carboxylic acids is 1. The van der Waals surface area contributed by atoms with Crippen molar-refractivity contribution in [3.8, 4) is 0 Å². The Morgan fingerprint density at radius 2 is 1.55 bits per heavy atom. The molecule has 0 saturated carbocycles.